The monoisotopic (exact) mass is 265 g/mol. The zero-order chi connectivity index (χ0) is 14.4. The smallest absolute Gasteiger partial charge is 0.241 e. The molecule has 0 spiro atoms. The highest BCUT2D eigenvalue weighted by Crippen LogP contribution is 2.10. The molecule has 0 unspecified atom stereocenters. The fourth-order valence-electron chi connectivity index (χ4n) is 1.84. The number of carbonyl (C=O) groups is 2. The Labute approximate surface area is 117 Å². The largest absolute Gasteiger partial charge is 0.366 e. The number of rotatable bonds is 5. The number of nitrogens with two attached hydrogens (primary N) is 1. The number of Topliss-reactive ketones (excluding diaryl/α,β-unsaturated/α-hetero) is 1. The molecular weight excluding hydrogens is 250 g/mol. The number of carbonyl (C=O) groups excluding carboxylic acids is 2. The van der Waals surface area contributed by atoms with Crippen LogP contribution in [0.5, 0.6) is 0 Å². The number of ketones is 1. The number of primary amides is 1. The number of hydrogen-bond donors (Lipinski definition) is 1. The topological polar surface area (TPSA) is 60.2 Å². The summed E-state index contributed by atoms with van der Waals surface area (Å²) in [7, 11) is 0. The van der Waals surface area contributed by atoms with Crippen molar-refractivity contribution in [1.29, 1.82) is 0 Å². The van der Waals surface area contributed by atoms with Crippen molar-refractivity contribution >= 4 is 17.8 Å². The minimum absolute atomic E-state index is 0.0710. The van der Waals surface area contributed by atoms with Crippen LogP contribution in [0, 0.1) is 0 Å². The molecule has 0 aliphatic heterocycles. The fraction of sp³-hybridized carbons (Fsp3) is 0.0588. The van der Waals surface area contributed by atoms with E-state index in [-0.39, 0.29) is 5.78 Å². The second kappa shape index (κ2) is 6.48. The van der Waals surface area contributed by atoms with E-state index in [4.69, 9.17) is 5.73 Å². The maximum atomic E-state index is 12.1. The molecule has 2 rings (SSSR count). The number of amides is 1. The highest BCUT2D eigenvalue weighted by Gasteiger charge is 2.06. The quantitative estimate of drug-likeness (QED) is 0.667. The molecule has 1 amide bonds. The van der Waals surface area contributed by atoms with Crippen LogP contribution in [0.1, 0.15) is 21.5 Å². The van der Waals surface area contributed by atoms with Crippen LogP contribution in [0.15, 0.2) is 60.7 Å². The van der Waals surface area contributed by atoms with Crippen LogP contribution in [-0.4, -0.2) is 11.7 Å². The van der Waals surface area contributed by atoms with Crippen molar-refractivity contribution < 1.29 is 9.59 Å². The predicted octanol–water partition coefficient (Wildman–Crippen LogP) is 2.61. The average Bonchev–Trinajstić information content (AvgIpc) is 2.46. The van der Waals surface area contributed by atoms with Gasteiger partial charge in [0.2, 0.25) is 5.91 Å². The van der Waals surface area contributed by atoms with E-state index >= 15 is 0 Å². The lowest BCUT2D eigenvalue weighted by Gasteiger charge is -2.02. The maximum Gasteiger partial charge on any atom is 0.241 e. The van der Waals surface area contributed by atoms with E-state index in [9.17, 15) is 9.59 Å². The Morgan fingerprint density at radius 3 is 2.20 bits per heavy atom. The van der Waals surface area contributed by atoms with Crippen LogP contribution >= 0.6 is 0 Å². The summed E-state index contributed by atoms with van der Waals surface area (Å²) < 4.78 is 0. The lowest BCUT2D eigenvalue weighted by Crippen LogP contribution is -2.05. The number of benzene rings is 2. The van der Waals surface area contributed by atoms with Crippen LogP contribution in [0.4, 0.5) is 0 Å². The van der Waals surface area contributed by atoms with E-state index < -0.39 is 5.91 Å². The van der Waals surface area contributed by atoms with Crippen LogP contribution in [0.2, 0.25) is 0 Å². The Hall–Kier alpha value is -2.68. The van der Waals surface area contributed by atoms with Gasteiger partial charge in [0.1, 0.15) is 0 Å². The van der Waals surface area contributed by atoms with Gasteiger partial charge >= 0.3 is 0 Å². The molecule has 2 aromatic rings. The van der Waals surface area contributed by atoms with Crippen molar-refractivity contribution in [2.24, 2.45) is 5.73 Å². The maximum absolute atomic E-state index is 12.1. The van der Waals surface area contributed by atoms with Gasteiger partial charge in [-0.2, -0.15) is 0 Å². The third kappa shape index (κ3) is 3.92. The molecule has 0 bridgehead atoms. The SMILES string of the molecule is NC(=O)/C=C/c1ccc(C(=O)Cc2ccccc2)cc1. The first-order chi connectivity index (χ1) is 9.65. The third-order valence-electron chi connectivity index (χ3n) is 2.88. The molecule has 0 aliphatic carbocycles. The molecule has 0 radical (unpaired) electrons. The minimum Gasteiger partial charge on any atom is -0.366 e. The van der Waals surface area contributed by atoms with Gasteiger partial charge in [0.25, 0.3) is 0 Å². The van der Waals surface area contributed by atoms with E-state index in [1.54, 1.807) is 30.3 Å². The molecule has 0 saturated heterocycles. The minimum atomic E-state index is -0.491. The molecule has 2 aromatic carbocycles. The van der Waals surface area contributed by atoms with Gasteiger partial charge in [-0.15, -0.1) is 0 Å². The van der Waals surface area contributed by atoms with E-state index in [1.807, 2.05) is 30.3 Å². The summed E-state index contributed by atoms with van der Waals surface area (Å²) >= 11 is 0. The molecule has 20 heavy (non-hydrogen) atoms. The summed E-state index contributed by atoms with van der Waals surface area (Å²) in [6, 6.07) is 16.7. The molecule has 0 heterocycles. The van der Waals surface area contributed by atoms with E-state index in [2.05, 4.69) is 0 Å². The highest BCUT2D eigenvalue weighted by molar-refractivity contribution is 5.97. The molecule has 3 heteroatoms. The Bertz CT molecular complexity index is 628. The molecule has 0 saturated carbocycles. The van der Waals surface area contributed by atoms with Crippen LogP contribution < -0.4 is 5.73 Å². The average molecular weight is 265 g/mol. The summed E-state index contributed by atoms with van der Waals surface area (Å²) in [5.41, 5.74) is 7.51. The Kier molecular flexibility index (Phi) is 4.45. The van der Waals surface area contributed by atoms with Gasteiger partial charge < -0.3 is 5.73 Å². The van der Waals surface area contributed by atoms with Crippen molar-refractivity contribution in [3.05, 3.63) is 77.4 Å². The zero-order valence-electron chi connectivity index (χ0n) is 11.0. The predicted molar refractivity (Wildman–Crippen MR) is 79.1 cm³/mol. The van der Waals surface area contributed by atoms with Crippen LogP contribution in [0.3, 0.4) is 0 Å². The summed E-state index contributed by atoms with van der Waals surface area (Å²) in [4.78, 5) is 22.7. The second-order valence-corrected chi connectivity index (χ2v) is 4.44. The van der Waals surface area contributed by atoms with Crippen molar-refractivity contribution in [3.8, 4) is 0 Å². The first-order valence-electron chi connectivity index (χ1n) is 6.30. The van der Waals surface area contributed by atoms with E-state index in [0.717, 1.165) is 11.1 Å². The Morgan fingerprint density at radius 1 is 0.950 bits per heavy atom. The standard InChI is InChI=1S/C17H15NO2/c18-17(20)11-8-13-6-9-15(10-7-13)16(19)12-14-4-2-1-3-5-14/h1-11H,12H2,(H2,18,20)/b11-8+. The summed E-state index contributed by atoms with van der Waals surface area (Å²) in [5, 5.41) is 0. The molecule has 3 nitrogen and oxygen atoms in total. The molecule has 0 fully saturated rings. The molecule has 100 valence electrons. The molecule has 0 atom stereocenters. The van der Waals surface area contributed by atoms with Gasteiger partial charge in [-0.05, 0) is 17.2 Å². The van der Waals surface area contributed by atoms with Gasteiger partial charge in [0.05, 0.1) is 0 Å². The fourth-order valence-corrected chi connectivity index (χ4v) is 1.84. The second-order valence-electron chi connectivity index (χ2n) is 4.44. The Balaban J connectivity index is 2.06. The summed E-state index contributed by atoms with van der Waals surface area (Å²) in [6.45, 7) is 0. The van der Waals surface area contributed by atoms with E-state index in [0.29, 0.717) is 12.0 Å². The van der Waals surface area contributed by atoms with Gasteiger partial charge in [-0.25, -0.2) is 0 Å². The molecule has 0 aromatic heterocycles. The first kappa shape index (κ1) is 13.7. The normalized spacial score (nSPS) is 10.6. The summed E-state index contributed by atoms with van der Waals surface area (Å²) in [6.07, 6.45) is 3.30. The third-order valence-corrected chi connectivity index (χ3v) is 2.88. The Morgan fingerprint density at radius 2 is 1.60 bits per heavy atom. The first-order valence-corrected chi connectivity index (χ1v) is 6.30. The van der Waals surface area contributed by atoms with E-state index in [1.165, 1.54) is 6.08 Å². The van der Waals surface area contributed by atoms with Crippen molar-refractivity contribution in [1.82, 2.24) is 0 Å². The summed E-state index contributed by atoms with van der Waals surface area (Å²) in [5.74, 6) is -0.420. The highest BCUT2D eigenvalue weighted by atomic mass is 16.1. The van der Waals surface area contributed by atoms with Crippen molar-refractivity contribution in [2.75, 3.05) is 0 Å². The molecule has 2 N–H and O–H groups in total. The lowest BCUT2D eigenvalue weighted by atomic mass is 10.0. The van der Waals surface area contributed by atoms with Crippen molar-refractivity contribution in [2.45, 2.75) is 6.42 Å². The van der Waals surface area contributed by atoms with Gasteiger partial charge in [0, 0.05) is 18.1 Å². The molecule has 0 aliphatic rings. The molecular formula is C17H15NO2. The number of hydrogen-bond acceptors (Lipinski definition) is 2. The zero-order valence-corrected chi connectivity index (χ0v) is 11.0. The van der Waals surface area contributed by atoms with Gasteiger partial charge in [0.15, 0.2) is 5.78 Å². The van der Waals surface area contributed by atoms with Crippen molar-refractivity contribution in [3.63, 3.8) is 0 Å². The van der Waals surface area contributed by atoms with Gasteiger partial charge in [-0.3, -0.25) is 9.59 Å². The van der Waals surface area contributed by atoms with Crippen LogP contribution in [0.25, 0.3) is 6.08 Å². The van der Waals surface area contributed by atoms with Gasteiger partial charge in [-0.1, -0.05) is 54.6 Å². The van der Waals surface area contributed by atoms with Crippen LogP contribution in [-0.2, 0) is 11.2 Å². The lowest BCUT2D eigenvalue weighted by molar-refractivity contribution is -0.113.